The van der Waals surface area contributed by atoms with Crippen LogP contribution in [0, 0.1) is 17.3 Å². The van der Waals surface area contributed by atoms with Crippen LogP contribution in [-0.4, -0.2) is 23.1 Å². The molecule has 0 aliphatic heterocycles. The van der Waals surface area contributed by atoms with Crippen molar-refractivity contribution in [3.63, 3.8) is 0 Å². The first-order valence-electron chi connectivity index (χ1n) is 16.1. The minimum atomic E-state index is -0.626. The molecule has 1 aromatic carbocycles. The quantitative estimate of drug-likeness (QED) is 0.299. The number of esters is 1. The van der Waals surface area contributed by atoms with Crippen molar-refractivity contribution in [3.05, 3.63) is 35.9 Å². The van der Waals surface area contributed by atoms with Gasteiger partial charge in [-0.15, -0.1) is 0 Å². The fourth-order valence-electron chi connectivity index (χ4n) is 5.59. The first-order chi connectivity index (χ1) is 27.1. The summed E-state index contributed by atoms with van der Waals surface area (Å²) in [5, 5.41) is 8.76. The summed E-state index contributed by atoms with van der Waals surface area (Å²) in [6.07, 6.45) is 12.7. The molecule has 0 radical (unpaired) electrons. The maximum Gasteiger partial charge on any atom is 0.309 e. The van der Waals surface area contributed by atoms with Crippen LogP contribution in [0.2, 0.25) is 0 Å². The number of benzene rings is 1. The number of hydrogen-bond donors (Lipinski definition) is 2. The predicted molar refractivity (Wildman–Crippen MR) is 305 cm³/mol. The monoisotopic (exact) mass is 1210 g/mol. The van der Waals surface area contributed by atoms with Gasteiger partial charge in [-0.25, -0.2) is 0 Å². The SMILES string of the molecule is CCC1(CC(=O)O)CCCCC1.CC[C@H](C(=O)OCc1ccccc1)[C@@H]1CCCC[C@@H]1N.S=S=S.S=S=S=S=S=S=S=S=S=S.S=S=S=S=S=S=S=S=S=S=S. The van der Waals surface area contributed by atoms with E-state index in [0.717, 1.165) is 53.0 Å². The molecule has 0 unspecified atom stereocenters. The van der Waals surface area contributed by atoms with Gasteiger partial charge in [0.05, 0.1) is 12.3 Å². The third-order valence-electron chi connectivity index (χ3n) is 7.97. The third kappa shape index (κ3) is 36.8. The minimum Gasteiger partial charge on any atom is -0.481 e. The third-order valence-corrected chi connectivity index (χ3v) is 41.3. The lowest BCUT2D eigenvalue weighted by Crippen LogP contribution is -2.40. The Kier molecular flexibility index (Phi) is 50.9. The van der Waals surface area contributed by atoms with E-state index in [1.165, 1.54) is 67.6 Å². The van der Waals surface area contributed by atoms with E-state index in [1.807, 2.05) is 30.3 Å². The lowest BCUT2D eigenvalue weighted by Gasteiger charge is -2.35. The Labute approximate surface area is 413 Å². The molecule has 0 saturated heterocycles. The van der Waals surface area contributed by atoms with Crippen LogP contribution in [0.5, 0.6) is 0 Å². The largest absolute Gasteiger partial charge is 0.481 e. The Morgan fingerprint density at radius 2 is 1.14 bits per heavy atom. The first-order valence-corrected chi connectivity index (χ1v) is 44.1. The standard InChI is InChI=1S/C17H25NO2.C10H18O2.S11.S10.S3/c1-2-14(15-10-6-7-11-16(15)18)17(19)20-12-13-8-4-3-5-9-13;1-2-10(8-9(11)12)6-4-3-5-7-10;1-3-5-7-9-11-10-8-6-4-2;1-3-5-7-9-10-8-6-4-2;1-3-2/h3-5,8-9,14-16H,2,6-7,10-12,18H2,1H3;2-8H2,1H3,(H,11,12);;;/t14-,15-,16-;;;;/m0..../s1. The van der Waals surface area contributed by atoms with Gasteiger partial charge >= 0.3 is 11.9 Å². The summed E-state index contributed by atoms with van der Waals surface area (Å²) in [6.45, 7) is 4.53. The Hall–Kier alpha value is 3.40. The highest BCUT2D eigenvalue weighted by molar-refractivity contribution is 8.74. The lowest BCUT2D eigenvalue weighted by molar-refractivity contribution is -0.153. The summed E-state index contributed by atoms with van der Waals surface area (Å²) in [7, 11) is 28.1. The molecule has 3 N–H and O–H groups in total. The second-order valence-electron chi connectivity index (χ2n) is 10.9. The van der Waals surface area contributed by atoms with Crippen molar-refractivity contribution in [3.8, 4) is 0 Å². The van der Waals surface area contributed by atoms with Crippen LogP contribution in [0.4, 0.5) is 0 Å². The first kappa shape index (κ1) is 61.5. The highest BCUT2D eigenvalue weighted by Crippen LogP contribution is 2.41. The maximum atomic E-state index is 12.3. The average molecular weight is 1220 g/mol. The number of hydrogen-bond acceptors (Lipinski definition) is 10. The van der Waals surface area contributed by atoms with Gasteiger partial charge in [0.15, 0.2) is 0 Å². The van der Waals surface area contributed by atoms with E-state index in [9.17, 15) is 9.59 Å². The van der Waals surface area contributed by atoms with E-state index in [-0.39, 0.29) is 29.3 Å². The smallest absolute Gasteiger partial charge is 0.309 e. The molecule has 0 bridgehead atoms. The zero-order chi connectivity index (χ0) is 42.1. The van der Waals surface area contributed by atoms with Gasteiger partial charge in [0, 0.05) is 233 Å². The number of carbonyl (C=O) groups is 2. The zero-order valence-corrected chi connectivity index (χ0v) is 49.5. The summed E-state index contributed by atoms with van der Waals surface area (Å²) >= 11 is 26.9. The van der Waals surface area contributed by atoms with Gasteiger partial charge in [-0.3, -0.25) is 9.59 Å². The van der Waals surface area contributed by atoms with Crippen molar-refractivity contribution in [1.29, 1.82) is 0 Å². The van der Waals surface area contributed by atoms with Gasteiger partial charge < -0.3 is 15.6 Å². The van der Waals surface area contributed by atoms with Crippen molar-refractivity contribution < 1.29 is 19.4 Å². The molecule has 2 saturated carbocycles. The van der Waals surface area contributed by atoms with Crippen molar-refractivity contribution in [1.82, 2.24) is 0 Å². The molecule has 324 valence electrons. The summed E-state index contributed by atoms with van der Waals surface area (Å²) in [6, 6.07) is 9.97. The highest BCUT2D eigenvalue weighted by atomic mass is 33.4. The number of ether oxygens (including phenoxy) is 1. The molecular formula is C27H43NO4S24. The molecular weight excluding hydrogens is 1170 g/mol. The van der Waals surface area contributed by atoms with E-state index in [2.05, 4.69) is 81.0 Å². The molecule has 0 spiro atoms. The van der Waals surface area contributed by atoms with Crippen molar-refractivity contribution in [2.75, 3.05) is 0 Å². The van der Waals surface area contributed by atoms with Crippen molar-refractivity contribution in [2.45, 2.75) is 104 Å². The molecule has 2 aliphatic rings. The minimum absolute atomic E-state index is 0.0472. The Balaban J connectivity index is 0. The Bertz CT molecular complexity index is 2020. The predicted octanol–water partition coefficient (Wildman–Crippen LogP) is 6.04. The fraction of sp³-hybridized carbons (Fsp3) is 0.704. The van der Waals surface area contributed by atoms with Crippen LogP contribution in [0.3, 0.4) is 0 Å². The number of aliphatic carboxylic acids is 1. The summed E-state index contributed by atoms with van der Waals surface area (Å²) in [5.74, 6) is -0.469. The molecule has 2 aliphatic carbocycles. The maximum absolute atomic E-state index is 12.3. The molecule has 1 aromatic rings. The van der Waals surface area contributed by atoms with Crippen LogP contribution in [-0.2, 0) is 248 Å². The molecule has 5 nitrogen and oxygen atoms in total. The fourth-order valence-corrected chi connectivity index (χ4v) is 41.3. The Morgan fingerprint density at radius 1 is 0.714 bits per heavy atom. The van der Waals surface area contributed by atoms with Gasteiger partial charge in [-0.05, 0) is 55.4 Å². The van der Waals surface area contributed by atoms with Crippen molar-refractivity contribution in [2.24, 2.45) is 23.0 Å². The van der Waals surface area contributed by atoms with Gasteiger partial charge in [0.25, 0.3) is 0 Å². The summed E-state index contributed by atoms with van der Waals surface area (Å²) in [5.41, 5.74) is 7.37. The van der Waals surface area contributed by atoms with E-state index in [4.69, 9.17) is 15.6 Å². The summed E-state index contributed by atoms with van der Waals surface area (Å²) < 4.78 is 5.49. The van der Waals surface area contributed by atoms with E-state index in [1.54, 1.807) is 115 Å². The lowest BCUT2D eigenvalue weighted by atomic mass is 9.70. The molecule has 2 fully saturated rings. The highest BCUT2D eigenvalue weighted by Gasteiger charge is 2.34. The summed E-state index contributed by atoms with van der Waals surface area (Å²) in [4.78, 5) is 22.9. The van der Waals surface area contributed by atoms with Crippen LogP contribution in [0.1, 0.15) is 96.5 Å². The number of nitrogens with two attached hydrogens (primary N) is 1. The molecule has 0 aromatic heterocycles. The van der Waals surface area contributed by atoms with E-state index >= 15 is 0 Å². The second kappa shape index (κ2) is 46.4. The van der Waals surface area contributed by atoms with Crippen LogP contribution < -0.4 is 5.73 Å². The van der Waals surface area contributed by atoms with Crippen molar-refractivity contribution >= 4 is 239 Å². The second-order valence-corrected chi connectivity index (χ2v) is 42.8. The molecule has 0 heterocycles. The molecule has 3 atom stereocenters. The molecule has 3 rings (SSSR count). The number of rotatable bonds is 8. The average Bonchev–Trinajstić information content (AvgIpc) is 3.21. The number of carbonyl (C=O) groups excluding carboxylic acids is 1. The molecule has 29 heteroatoms. The van der Waals surface area contributed by atoms with Gasteiger partial charge in [0.1, 0.15) is 6.61 Å². The molecule has 56 heavy (non-hydrogen) atoms. The number of carboxylic acids is 1. The van der Waals surface area contributed by atoms with Gasteiger partial charge in [0.2, 0.25) is 0 Å². The normalized spacial score (nSPS) is 16.1. The topological polar surface area (TPSA) is 89.6 Å². The Morgan fingerprint density at radius 3 is 1.52 bits per heavy atom. The van der Waals surface area contributed by atoms with E-state index < -0.39 is 5.97 Å². The molecule has 0 amide bonds. The van der Waals surface area contributed by atoms with Gasteiger partial charge in [-0.2, -0.15) is 0 Å². The van der Waals surface area contributed by atoms with Crippen LogP contribution in [0.25, 0.3) is 0 Å². The van der Waals surface area contributed by atoms with E-state index in [0.29, 0.717) is 13.0 Å². The zero-order valence-electron chi connectivity index (χ0n) is 29.9. The van der Waals surface area contributed by atoms with Gasteiger partial charge in [-0.1, -0.05) is 76.3 Å². The van der Waals surface area contributed by atoms with Crippen LogP contribution >= 0.6 is 0 Å². The van der Waals surface area contributed by atoms with Crippen LogP contribution in [0.15, 0.2) is 30.3 Å². The number of carboxylic acid groups (broad SMARTS) is 1.